The van der Waals surface area contributed by atoms with Crippen LogP contribution < -0.4 is 10.9 Å². The summed E-state index contributed by atoms with van der Waals surface area (Å²) in [7, 11) is -0.710. The number of benzene rings is 20. The molecule has 2 fully saturated rings. The van der Waals surface area contributed by atoms with Crippen LogP contribution in [0.3, 0.4) is 0 Å². The van der Waals surface area contributed by atoms with Crippen molar-refractivity contribution in [2.45, 2.75) is 137 Å². The predicted octanol–water partition coefficient (Wildman–Crippen LogP) is 33.9. The Kier molecular flexibility index (Phi) is 21.8. The van der Waals surface area contributed by atoms with Crippen LogP contribution in [-0.2, 0) is 29.4 Å². The summed E-state index contributed by atoms with van der Waals surface area (Å²) in [6.07, 6.45) is 0. The van der Waals surface area contributed by atoms with Gasteiger partial charge in [-0.1, -0.05) is 408 Å². The lowest BCUT2D eigenvalue weighted by molar-refractivity contribution is 0.00578. The molecule has 2 heterocycles. The van der Waals surface area contributed by atoms with Gasteiger partial charge in [-0.25, -0.2) is 0 Å². The average molecular weight is 1820 g/mol. The third kappa shape index (κ3) is 15.2. The standard InChI is InChI=1S/C69H50.C39H44B2O4.C21H15Br/c1-43-21-25-47(26-22-43)65-55-13-5-9-17-59(55)67(60-18-10-6-14-56(60)65)49-33-29-45(30-34-49)51-37-39-53-54-40-38-52(42-64(54)69(3,4)63(53)41-51)46-31-35-50(36-32-46)68-61-19-11-7-15-57(61)66(48-27-23-44(2)24-28-48)58-16-8-12-20-62(58)68;1-35(2)33-23-27(25-11-17-29(18-12-25)40-42-36(3,4)37(5,6)43-40)15-21-31(33)32-22-16-28(24-34(32)35)26-13-19-30(20-14-26)41-44-38(7,8)39(9,10)45-41;1-14-10-12-15(13-11-14)20-16-6-2-4-8-18(16)21(22)19-9-5-3-7-17(19)20/h5-42H,1-4H3;11-24H,1-10H3;2-13H,1H3. The van der Waals surface area contributed by atoms with E-state index in [1.807, 2.05) is 0 Å². The highest BCUT2D eigenvalue weighted by Crippen LogP contribution is 2.55. The molecule has 2 aliphatic carbocycles. The number of halogens is 1. The van der Waals surface area contributed by atoms with Crippen LogP contribution in [0.2, 0.25) is 0 Å². The second-order valence-electron chi connectivity index (χ2n) is 40.9. The van der Waals surface area contributed by atoms with Crippen LogP contribution in [0.5, 0.6) is 0 Å². The highest BCUT2D eigenvalue weighted by molar-refractivity contribution is 9.10. The molecule has 20 aromatic rings. The van der Waals surface area contributed by atoms with Gasteiger partial charge in [-0.15, -0.1) is 0 Å². The highest BCUT2D eigenvalue weighted by atomic mass is 79.9. The lowest BCUT2D eigenvalue weighted by Crippen LogP contribution is -2.41. The third-order valence-electron chi connectivity index (χ3n) is 30.7. The topological polar surface area (TPSA) is 36.9 Å². The van der Waals surface area contributed by atoms with Crippen LogP contribution in [0, 0.1) is 20.8 Å². The Balaban J connectivity index is 0.000000136. The smallest absolute Gasteiger partial charge is 0.399 e. The summed E-state index contributed by atoms with van der Waals surface area (Å²) in [6, 6.07) is 143. The number of aryl methyl sites for hydroxylation is 3. The van der Waals surface area contributed by atoms with Crippen molar-refractivity contribution in [3.05, 3.63) is 432 Å². The molecule has 0 saturated carbocycles. The zero-order valence-electron chi connectivity index (χ0n) is 80.1. The van der Waals surface area contributed by atoms with Crippen molar-refractivity contribution in [1.82, 2.24) is 0 Å². The van der Waals surface area contributed by atoms with Crippen LogP contribution in [0.25, 0.3) is 187 Å². The summed E-state index contributed by atoms with van der Waals surface area (Å²) in [6.45, 7) is 32.6. The molecule has 0 unspecified atom stereocenters. The van der Waals surface area contributed by atoms with E-state index in [1.165, 1.54) is 230 Å². The molecule has 0 atom stereocenters. The van der Waals surface area contributed by atoms with E-state index in [0.29, 0.717) is 0 Å². The van der Waals surface area contributed by atoms with Gasteiger partial charge in [0.1, 0.15) is 0 Å². The quantitative estimate of drug-likeness (QED) is 0.0955. The van der Waals surface area contributed by atoms with Gasteiger partial charge in [0.15, 0.2) is 0 Å². The zero-order valence-corrected chi connectivity index (χ0v) is 81.7. The molecule has 0 N–H and O–H groups in total. The molecule has 0 spiro atoms. The first-order valence-electron chi connectivity index (χ1n) is 47.9. The first-order chi connectivity index (χ1) is 65.5. The maximum atomic E-state index is 6.27. The van der Waals surface area contributed by atoms with Crippen molar-refractivity contribution in [3.8, 4) is 122 Å². The van der Waals surface area contributed by atoms with Crippen LogP contribution in [-0.4, -0.2) is 36.6 Å². The van der Waals surface area contributed by atoms with Crippen LogP contribution in [0.1, 0.15) is 122 Å². The van der Waals surface area contributed by atoms with Crippen molar-refractivity contribution in [3.63, 3.8) is 0 Å². The first kappa shape index (κ1) is 87.7. The van der Waals surface area contributed by atoms with E-state index in [0.717, 1.165) is 10.9 Å². The Hall–Kier alpha value is -13.6. The number of hydrogen-bond donors (Lipinski definition) is 0. The van der Waals surface area contributed by atoms with Gasteiger partial charge < -0.3 is 18.6 Å². The van der Waals surface area contributed by atoms with Gasteiger partial charge in [-0.3, -0.25) is 0 Å². The van der Waals surface area contributed by atoms with Gasteiger partial charge in [-0.2, -0.15) is 0 Å². The van der Waals surface area contributed by atoms with Crippen molar-refractivity contribution in [2.75, 3.05) is 0 Å². The van der Waals surface area contributed by atoms with E-state index < -0.39 is 0 Å². The monoisotopic (exact) mass is 1820 g/mol. The Labute approximate surface area is 809 Å². The summed E-state index contributed by atoms with van der Waals surface area (Å²) in [4.78, 5) is 0. The summed E-state index contributed by atoms with van der Waals surface area (Å²) in [5.74, 6) is 0. The maximum Gasteiger partial charge on any atom is 0.494 e. The molecular formula is C129H109B2BrO4. The van der Waals surface area contributed by atoms with E-state index in [-0.39, 0.29) is 47.5 Å². The fourth-order valence-electron chi connectivity index (χ4n) is 21.5. The molecule has 136 heavy (non-hydrogen) atoms. The Morgan fingerprint density at radius 3 is 0.551 bits per heavy atom. The van der Waals surface area contributed by atoms with Crippen LogP contribution in [0.15, 0.2) is 393 Å². The van der Waals surface area contributed by atoms with Crippen molar-refractivity contribution in [1.29, 1.82) is 0 Å². The molecule has 7 heteroatoms. The van der Waals surface area contributed by atoms with Gasteiger partial charge in [0.25, 0.3) is 0 Å². The predicted molar refractivity (Wildman–Crippen MR) is 582 cm³/mol. The Morgan fingerprint density at radius 2 is 0.346 bits per heavy atom. The van der Waals surface area contributed by atoms with E-state index in [2.05, 4.69) is 508 Å². The van der Waals surface area contributed by atoms with Gasteiger partial charge in [0, 0.05) is 15.3 Å². The summed E-state index contributed by atoms with van der Waals surface area (Å²) in [5.41, 5.74) is 37.4. The van der Waals surface area contributed by atoms with Gasteiger partial charge in [0.2, 0.25) is 0 Å². The average Bonchev–Trinajstić information content (AvgIpc) is 1.55. The zero-order chi connectivity index (χ0) is 93.6. The van der Waals surface area contributed by atoms with E-state index >= 15 is 0 Å². The first-order valence-corrected chi connectivity index (χ1v) is 48.7. The lowest BCUT2D eigenvalue weighted by Gasteiger charge is -2.32. The normalized spacial score (nSPS) is 15.4. The fourth-order valence-corrected chi connectivity index (χ4v) is 22.2. The number of fused-ring (bicyclic) bond motifs is 12. The molecule has 4 aliphatic rings. The summed E-state index contributed by atoms with van der Waals surface area (Å²) < 4.78 is 26.3. The van der Waals surface area contributed by atoms with E-state index in [4.69, 9.17) is 18.6 Å². The lowest BCUT2D eigenvalue weighted by atomic mass is 9.78. The van der Waals surface area contributed by atoms with Crippen LogP contribution >= 0.6 is 15.9 Å². The molecule has 4 nitrogen and oxygen atoms in total. The van der Waals surface area contributed by atoms with Crippen molar-refractivity contribution in [2.24, 2.45) is 0 Å². The highest BCUT2D eigenvalue weighted by Gasteiger charge is 2.53. The summed E-state index contributed by atoms with van der Waals surface area (Å²) in [5, 5.41) is 15.3. The minimum Gasteiger partial charge on any atom is -0.399 e. The fraction of sp³-hybridized carbons (Fsp3) is 0.163. The van der Waals surface area contributed by atoms with Crippen LogP contribution in [0.4, 0.5) is 0 Å². The second-order valence-corrected chi connectivity index (χ2v) is 41.7. The maximum absolute atomic E-state index is 6.27. The summed E-state index contributed by atoms with van der Waals surface area (Å²) >= 11 is 3.80. The molecule has 0 amide bonds. The molecule has 662 valence electrons. The number of hydrogen-bond acceptors (Lipinski definition) is 4. The van der Waals surface area contributed by atoms with E-state index in [1.54, 1.807) is 0 Å². The number of rotatable bonds is 11. The van der Waals surface area contributed by atoms with Gasteiger partial charge in [-0.05, 0) is 337 Å². The molecule has 24 rings (SSSR count). The molecule has 2 aliphatic heterocycles. The minimum atomic E-state index is -0.355. The third-order valence-corrected chi connectivity index (χ3v) is 31.5. The Bertz CT molecular complexity index is 7550. The molecular weight excluding hydrogens is 1710 g/mol. The van der Waals surface area contributed by atoms with Gasteiger partial charge in [0.05, 0.1) is 22.4 Å². The molecule has 0 bridgehead atoms. The molecule has 0 radical (unpaired) electrons. The Morgan fingerprint density at radius 1 is 0.184 bits per heavy atom. The largest absolute Gasteiger partial charge is 0.494 e. The second kappa shape index (κ2) is 33.7. The van der Waals surface area contributed by atoms with Crippen molar-refractivity contribution >= 4 is 106 Å². The van der Waals surface area contributed by atoms with E-state index in [9.17, 15) is 0 Å². The van der Waals surface area contributed by atoms with Crippen molar-refractivity contribution < 1.29 is 18.6 Å². The SMILES string of the molecule is CC1(C)c2cc(-c3ccc(B4OC(C)(C)C(C)(C)O4)cc3)ccc2-c2ccc(-c3ccc(B4OC(C)(C)C(C)(C)O4)cc3)cc21.Cc1ccc(-c2c3ccccc3c(-c3ccc(-c4ccc5c(c4)C(C)(C)c4cc(-c6ccc(-c7c8ccccc8c(-c8ccc(C)cc8)c8ccccc78)cc6)ccc4-5)cc3)c3ccccc23)cc1.Cc1ccc(-c2c3ccccc3c(Br)c3ccccc23)cc1. The molecule has 2 saturated heterocycles. The molecule has 0 aromatic heterocycles. The molecule has 20 aromatic carbocycles. The minimum absolute atomic E-state index is 0.123. The van der Waals surface area contributed by atoms with Gasteiger partial charge >= 0.3 is 14.2 Å².